The fraction of sp³-hybridized carbons (Fsp3) is 0.250. The Morgan fingerprint density at radius 1 is 1.05 bits per heavy atom. The normalized spacial score (nSPS) is 21.5. The van der Waals surface area contributed by atoms with Gasteiger partial charge in [0.25, 0.3) is 0 Å². The summed E-state index contributed by atoms with van der Waals surface area (Å²) in [5.41, 5.74) is 6.86. The van der Waals surface area contributed by atoms with Gasteiger partial charge in [-0.05, 0) is 29.8 Å². The van der Waals surface area contributed by atoms with E-state index in [9.17, 15) is 8.78 Å². The van der Waals surface area contributed by atoms with Crippen LogP contribution in [0.15, 0.2) is 42.5 Å². The van der Waals surface area contributed by atoms with E-state index in [1.54, 1.807) is 24.3 Å². The fourth-order valence-electron chi connectivity index (χ4n) is 2.28. The maximum Gasteiger partial charge on any atom is 0.139 e. The molecule has 110 valence electrons. The summed E-state index contributed by atoms with van der Waals surface area (Å²) in [5.74, 6) is -0.534. The van der Waals surface area contributed by atoms with Gasteiger partial charge in [-0.15, -0.1) is 0 Å². The predicted molar refractivity (Wildman–Crippen MR) is 75.0 cm³/mol. The first-order valence-corrected chi connectivity index (χ1v) is 6.69. The minimum Gasteiger partial charge on any atom is -0.486 e. The Morgan fingerprint density at radius 2 is 1.81 bits per heavy atom. The second-order valence-corrected chi connectivity index (χ2v) is 5.01. The van der Waals surface area contributed by atoms with Gasteiger partial charge < -0.3 is 15.2 Å². The molecule has 3 rings (SSSR count). The Labute approximate surface area is 121 Å². The summed E-state index contributed by atoms with van der Waals surface area (Å²) in [6.45, 7) is 0.957. The minimum absolute atomic E-state index is 0.140. The first-order chi connectivity index (χ1) is 10.1. The van der Waals surface area contributed by atoms with E-state index in [-0.39, 0.29) is 12.1 Å². The van der Waals surface area contributed by atoms with Crippen LogP contribution in [0.4, 0.5) is 8.78 Å². The Hall–Kier alpha value is -1.98. The van der Waals surface area contributed by atoms with Crippen molar-refractivity contribution >= 4 is 0 Å². The SMILES string of the molecule is N[C@H]1COC[C@H]1Oc1ccc(-c2ccc(F)cc2F)cc1. The summed E-state index contributed by atoms with van der Waals surface area (Å²) in [4.78, 5) is 0. The van der Waals surface area contributed by atoms with Crippen molar-refractivity contribution in [3.8, 4) is 16.9 Å². The summed E-state index contributed by atoms with van der Waals surface area (Å²) in [7, 11) is 0. The number of halogens is 2. The molecule has 2 aromatic rings. The molecule has 1 fully saturated rings. The van der Waals surface area contributed by atoms with Crippen LogP contribution in [-0.4, -0.2) is 25.4 Å². The van der Waals surface area contributed by atoms with E-state index in [4.69, 9.17) is 15.2 Å². The van der Waals surface area contributed by atoms with Crippen molar-refractivity contribution in [2.24, 2.45) is 5.73 Å². The lowest BCUT2D eigenvalue weighted by Gasteiger charge is -2.16. The molecule has 1 aliphatic heterocycles. The second-order valence-electron chi connectivity index (χ2n) is 5.01. The molecule has 0 unspecified atom stereocenters. The van der Waals surface area contributed by atoms with Gasteiger partial charge in [-0.25, -0.2) is 8.78 Å². The fourth-order valence-corrected chi connectivity index (χ4v) is 2.28. The maximum atomic E-state index is 13.7. The smallest absolute Gasteiger partial charge is 0.139 e. The van der Waals surface area contributed by atoms with Gasteiger partial charge in [-0.1, -0.05) is 12.1 Å². The Bertz CT molecular complexity index is 631. The average Bonchev–Trinajstić information content (AvgIpc) is 2.86. The Kier molecular flexibility index (Phi) is 3.86. The van der Waals surface area contributed by atoms with Crippen LogP contribution in [0.2, 0.25) is 0 Å². The van der Waals surface area contributed by atoms with Gasteiger partial charge in [-0.3, -0.25) is 0 Å². The van der Waals surface area contributed by atoms with Crippen molar-refractivity contribution in [1.82, 2.24) is 0 Å². The van der Waals surface area contributed by atoms with Gasteiger partial charge in [0.1, 0.15) is 23.5 Å². The van der Waals surface area contributed by atoms with E-state index < -0.39 is 11.6 Å². The molecule has 2 N–H and O–H groups in total. The van der Waals surface area contributed by atoms with Gasteiger partial charge in [0.2, 0.25) is 0 Å². The first-order valence-electron chi connectivity index (χ1n) is 6.69. The molecule has 0 bridgehead atoms. The highest BCUT2D eigenvalue weighted by molar-refractivity contribution is 5.64. The van der Waals surface area contributed by atoms with Gasteiger partial charge in [0.15, 0.2) is 0 Å². The van der Waals surface area contributed by atoms with Crippen molar-refractivity contribution in [1.29, 1.82) is 0 Å². The molecule has 0 aliphatic carbocycles. The molecule has 2 aromatic carbocycles. The number of benzene rings is 2. The van der Waals surface area contributed by atoms with E-state index >= 15 is 0 Å². The molecule has 0 amide bonds. The highest BCUT2D eigenvalue weighted by Gasteiger charge is 2.26. The van der Waals surface area contributed by atoms with Crippen molar-refractivity contribution in [2.45, 2.75) is 12.1 Å². The van der Waals surface area contributed by atoms with Gasteiger partial charge in [-0.2, -0.15) is 0 Å². The lowest BCUT2D eigenvalue weighted by molar-refractivity contribution is 0.140. The van der Waals surface area contributed by atoms with Crippen molar-refractivity contribution < 1.29 is 18.3 Å². The molecular formula is C16H15F2NO2. The molecule has 0 saturated carbocycles. The van der Waals surface area contributed by atoms with Crippen molar-refractivity contribution in [2.75, 3.05) is 13.2 Å². The highest BCUT2D eigenvalue weighted by Crippen LogP contribution is 2.26. The van der Waals surface area contributed by atoms with E-state index in [1.165, 1.54) is 12.1 Å². The van der Waals surface area contributed by atoms with Gasteiger partial charge in [0.05, 0.1) is 19.3 Å². The average molecular weight is 291 g/mol. The molecule has 5 heteroatoms. The van der Waals surface area contributed by atoms with E-state index in [2.05, 4.69) is 0 Å². The monoisotopic (exact) mass is 291 g/mol. The molecule has 0 spiro atoms. The number of hydrogen-bond donors (Lipinski definition) is 1. The number of ether oxygens (including phenoxy) is 2. The van der Waals surface area contributed by atoms with E-state index in [0.717, 1.165) is 6.07 Å². The number of rotatable bonds is 3. The third kappa shape index (κ3) is 3.04. The standard InChI is InChI=1S/C16H15F2NO2/c17-11-3-6-13(14(18)7-11)10-1-4-12(5-2-10)21-16-9-20-8-15(16)19/h1-7,15-16H,8-9,19H2/t15-,16+/m0/s1. The van der Waals surface area contributed by atoms with Crippen LogP contribution in [-0.2, 0) is 4.74 Å². The second kappa shape index (κ2) is 5.79. The summed E-state index contributed by atoms with van der Waals surface area (Å²) in [5, 5.41) is 0. The van der Waals surface area contributed by atoms with Crippen LogP contribution >= 0.6 is 0 Å². The molecule has 21 heavy (non-hydrogen) atoms. The zero-order chi connectivity index (χ0) is 14.8. The quantitative estimate of drug-likeness (QED) is 0.945. The van der Waals surface area contributed by atoms with Gasteiger partial charge in [0, 0.05) is 11.6 Å². The lowest BCUT2D eigenvalue weighted by Crippen LogP contribution is -2.37. The molecule has 0 aromatic heterocycles. The number of hydrogen-bond acceptors (Lipinski definition) is 3. The predicted octanol–water partition coefficient (Wildman–Crippen LogP) is 2.74. The molecular weight excluding hydrogens is 276 g/mol. The molecule has 1 aliphatic rings. The van der Waals surface area contributed by atoms with Crippen molar-refractivity contribution in [3.63, 3.8) is 0 Å². The van der Waals surface area contributed by atoms with E-state index in [1.807, 2.05) is 0 Å². The summed E-state index contributed by atoms with van der Waals surface area (Å²) >= 11 is 0. The minimum atomic E-state index is -0.591. The summed E-state index contributed by atoms with van der Waals surface area (Å²) in [6.07, 6.45) is -0.168. The van der Waals surface area contributed by atoms with Crippen LogP contribution in [0.5, 0.6) is 5.75 Å². The van der Waals surface area contributed by atoms with E-state index in [0.29, 0.717) is 30.1 Å². The van der Waals surface area contributed by atoms with Crippen LogP contribution in [0, 0.1) is 11.6 Å². The third-order valence-corrected chi connectivity index (χ3v) is 3.45. The largest absolute Gasteiger partial charge is 0.486 e. The Balaban J connectivity index is 1.77. The Morgan fingerprint density at radius 3 is 2.43 bits per heavy atom. The lowest BCUT2D eigenvalue weighted by atomic mass is 10.0. The first kappa shape index (κ1) is 14.0. The molecule has 1 saturated heterocycles. The molecule has 2 atom stereocenters. The molecule has 0 radical (unpaired) electrons. The van der Waals surface area contributed by atoms with Crippen LogP contribution < -0.4 is 10.5 Å². The number of nitrogens with two attached hydrogens (primary N) is 1. The van der Waals surface area contributed by atoms with Crippen LogP contribution in [0.3, 0.4) is 0 Å². The molecule has 3 nitrogen and oxygen atoms in total. The van der Waals surface area contributed by atoms with Crippen LogP contribution in [0.1, 0.15) is 0 Å². The summed E-state index contributed by atoms with van der Waals surface area (Å²) < 4.78 is 37.6. The van der Waals surface area contributed by atoms with Gasteiger partial charge >= 0.3 is 0 Å². The summed E-state index contributed by atoms with van der Waals surface area (Å²) in [6, 6.07) is 10.3. The highest BCUT2D eigenvalue weighted by atomic mass is 19.1. The zero-order valence-electron chi connectivity index (χ0n) is 11.3. The maximum absolute atomic E-state index is 13.7. The topological polar surface area (TPSA) is 44.5 Å². The zero-order valence-corrected chi connectivity index (χ0v) is 11.3. The van der Waals surface area contributed by atoms with Crippen molar-refractivity contribution in [3.05, 3.63) is 54.1 Å². The third-order valence-electron chi connectivity index (χ3n) is 3.45. The molecule has 1 heterocycles. The van der Waals surface area contributed by atoms with Crippen LogP contribution in [0.25, 0.3) is 11.1 Å².